The van der Waals surface area contributed by atoms with Crippen LogP contribution in [0.2, 0.25) is 0 Å². The lowest BCUT2D eigenvalue weighted by Crippen LogP contribution is -2.40. The van der Waals surface area contributed by atoms with Gasteiger partial charge < -0.3 is 4.74 Å². The Balaban J connectivity index is 2.26. The van der Waals surface area contributed by atoms with Crippen LogP contribution < -0.4 is 9.46 Å². The quantitative estimate of drug-likeness (QED) is 0.934. The lowest BCUT2D eigenvalue weighted by Gasteiger charge is -2.20. The van der Waals surface area contributed by atoms with Crippen LogP contribution in [0.15, 0.2) is 41.3 Å². The van der Waals surface area contributed by atoms with Gasteiger partial charge in [0.05, 0.1) is 17.7 Å². The minimum absolute atomic E-state index is 0.215. The van der Waals surface area contributed by atoms with E-state index in [0.717, 1.165) is 5.56 Å². The van der Waals surface area contributed by atoms with Gasteiger partial charge in [0, 0.05) is 17.2 Å². The predicted molar refractivity (Wildman–Crippen MR) is 84.1 cm³/mol. The molecule has 2 rings (SSSR count). The Morgan fingerprint density at radius 1 is 1.00 bits per heavy atom. The first-order chi connectivity index (χ1) is 10.2. The molecule has 0 aliphatic heterocycles. The molecule has 7 heteroatoms. The second-order valence-corrected chi connectivity index (χ2v) is 7.52. The maximum atomic E-state index is 12.2. The van der Waals surface area contributed by atoms with Crippen molar-refractivity contribution in [1.82, 2.24) is 14.9 Å². The van der Waals surface area contributed by atoms with Gasteiger partial charge in [-0.25, -0.2) is 13.1 Å². The Morgan fingerprint density at radius 3 is 2.09 bits per heavy atom. The molecule has 0 saturated carbocycles. The molecule has 118 valence electrons. The molecule has 0 aliphatic carbocycles. The van der Waals surface area contributed by atoms with E-state index in [-0.39, 0.29) is 4.90 Å². The highest BCUT2D eigenvalue weighted by molar-refractivity contribution is 7.89. The van der Waals surface area contributed by atoms with Crippen molar-refractivity contribution in [2.45, 2.75) is 31.2 Å². The van der Waals surface area contributed by atoms with Crippen LogP contribution in [0.25, 0.3) is 11.3 Å². The molecule has 1 N–H and O–H groups in total. The van der Waals surface area contributed by atoms with Crippen LogP contribution in [-0.4, -0.2) is 31.3 Å². The summed E-state index contributed by atoms with van der Waals surface area (Å²) in [6.45, 7) is 5.39. The van der Waals surface area contributed by atoms with Crippen molar-refractivity contribution in [3.63, 3.8) is 0 Å². The largest absolute Gasteiger partial charge is 0.480 e. The zero-order chi connectivity index (χ0) is 16.4. The van der Waals surface area contributed by atoms with Crippen molar-refractivity contribution < 1.29 is 13.2 Å². The minimum Gasteiger partial charge on any atom is -0.480 e. The molecule has 0 spiro atoms. The highest BCUT2D eigenvalue weighted by Crippen LogP contribution is 2.20. The van der Waals surface area contributed by atoms with Gasteiger partial charge >= 0.3 is 0 Å². The van der Waals surface area contributed by atoms with Crippen LogP contribution >= 0.6 is 0 Å². The van der Waals surface area contributed by atoms with Gasteiger partial charge in [0.2, 0.25) is 15.9 Å². The highest BCUT2D eigenvalue weighted by atomic mass is 32.2. The van der Waals surface area contributed by atoms with Crippen LogP contribution in [-0.2, 0) is 10.0 Å². The standard InChI is InChI=1S/C15H19N3O3S/c1-15(2,3)18-22(19,20)12-7-5-11(6-8-12)13-9-10-14(21-4)17-16-13/h5-10,18H,1-4H3. The number of aromatic nitrogens is 2. The summed E-state index contributed by atoms with van der Waals surface area (Å²) in [5.74, 6) is 0.428. The number of hydrogen-bond donors (Lipinski definition) is 1. The fourth-order valence-electron chi connectivity index (χ4n) is 1.85. The fraction of sp³-hybridized carbons (Fsp3) is 0.333. The molecule has 1 aromatic carbocycles. The van der Waals surface area contributed by atoms with Crippen LogP contribution in [0.3, 0.4) is 0 Å². The predicted octanol–water partition coefficient (Wildman–Crippen LogP) is 2.23. The number of methoxy groups -OCH3 is 1. The number of rotatable bonds is 4. The summed E-state index contributed by atoms with van der Waals surface area (Å²) in [5.41, 5.74) is 0.900. The average Bonchev–Trinajstić information content (AvgIpc) is 2.45. The SMILES string of the molecule is COc1ccc(-c2ccc(S(=O)(=O)NC(C)(C)C)cc2)nn1. The molecule has 0 atom stereocenters. The van der Waals surface area contributed by atoms with E-state index in [1.807, 2.05) is 0 Å². The Bertz CT molecular complexity index is 733. The van der Waals surface area contributed by atoms with Gasteiger partial charge in [0.1, 0.15) is 0 Å². The Labute approximate surface area is 130 Å². The van der Waals surface area contributed by atoms with Crippen LogP contribution in [0.5, 0.6) is 5.88 Å². The zero-order valence-corrected chi connectivity index (χ0v) is 13.8. The van der Waals surface area contributed by atoms with E-state index in [0.29, 0.717) is 11.6 Å². The molecule has 2 aromatic rings. The van der Waals surface area contributed by atoms with Gasteiger partial charge in [-0.15, -0.1) is 10.2 Å². The third-order valence-electron chi connectivity index (χ3n) is 2.75. The number of hydrogen-bond acceptors (Lipinski definition) is 5. The normalized spacial score (nSPS) is 12.2. The third-order valence-corrected chi connectivity index (χ3v) is 4.52. The van der Waals surface area contributed by atoms with E-state index in [2.05, 4.69) is 14.9 Å². The van der Waals surface area contributed by atoms with Crippen LogP contribution in [0, 0.1) is 0 Å². The number of benzene rings is 1. The minimum atomic E-state index is -3.53. The topological polar surface area (TPSA) is 81.2 Å². The lowest BCUT2D eigenvalue weighted by atomic mass is 10.1. The number of sulfonamides is 1. The number of ether oxygens (including phenoxy) is 1. The van der Waals surface area contributed by atoms with Crippen LogP contribution in [0.4, 0.5) is 0 Å². The Hall–Kier alpha value is -1.99. The van der Waals surface area contributed by atoms with E-state index in [9.17, 15) is 8.42 Å². The van der Waals surface area contributed by atoms with Gasteiger partial charge in [0.25, 0.3) is 0 Å². The molecule has 6 nitrogen and oxygen atoms in total. The summed E-state index contributed by atoms with van der Waals surface area (Å²) < 4.78 is 32.0. The molecule has 0 amide bonds. The first kappa shape index (κ1) is 16.4. The summed E-state index contributed by atoms with van der Waals surface area (Å²) in [6, 6.07) is 9.98. The van der Waals surface area contributed by atoms with Crippen molar-refractivity contribution in [3.8, 4) is 17.1 Å². The van der Waals surface area contributed by atoms with Gasteiger partial charge in [-0.1, -0.05) is 12.1 Å². The molecule has 0 aliphatic rings. The smallest absolute Gasteiger partial charge is 0.241 e. The van der Waals surface area contributed by atoms with Crippen molar-refractivity contribution in [2.24, 2.45) is 0 Å². The fourth-order valence-corrected chi connectivity index (χ4v) is 3.27. The van der Waals surface area contributed by atoms with Crippen LogP contribution in [0.1, 0.15) is 20.8 Å². The van der Waals surface area contributed by atoms with Gasteiger partial charge in [-0.2, -0.15) is 0 Å². The molecule has 0 bridgehead atoms. The molecule has 0 fully saturated rings. The van der Waals surface area contributed by atoms with E-state index in [1.165, 1.54) is 7.11 Å². The highest BCUT2D eigenvalue weighted by Gasteiger charge is 2.21. The van der Waals surface area contributed by atoms with Crippen molar-refractivity contribution in [2.75, 3.05) is 7.11 Å². The third kappa shape index (κ3) is 4.02. The van der Waals surface area contributed by atoms with Gasteiger partial charge in [0.15, 0.2) is 0 Å². The molecular formula is C15H19N3O3S. The second-order valence-electron chi connectivity index (χ2n) is 5.84. The molecule has 1 aromatic heterocycles. The molecule has 0 saturated heterocycles. The molecule has 0 unspecified atom stereocenters. The number of nitrogens with one attached hydrogen (secondary N) is 1. The molecule has 22 heavy (non-hydrogen) atoms. The van der Waals surface area contributed by atoms with Gasteiger partial charge in [-0.3, -0.25) is 0 Å². The maximum Gasteiger partial charge on any atom is 0.241 e. The first-order valence-corrected chi connectivity index (χ1v) is 8.22. The number of nitrogens with zero attached hydrogens (tertiary/aromatic N) is 2. The molecule has 0 radical (unpaired) electrons. The lowest BCUT2D eigenvalue weighted by molar-refractivity contribution is 0.392. The van der Waals surface area contributed by atoms with E-state index in [1.54, 1.807) is 57.2 Å². The van der Waals surface area contributed by atoms with E-state index in [4.69, 9.17) is 4.74 Å². The zero-order valence-electron chi connectivity index (χ0n) is 13.0. The molecule has 1 heterocycles. The summed E-state index contributed by atoms with van der Waals surface area (Å²) in [4.78, 5) is 0.215. The van der Waals surface area contributed by atoms with E-state index >= 15 is 0 Å². The van der Waals surface area contributed by atoms with Crippen molar-refractivity contribution in [1.29, 1.82) is 0 Å². The van der Waals surface area contributed by atoms with E-state index < -0.39 is 15.6 Å². The van der Waals surface area contributed by atoms with Gasteiger partial charge in [-0.05, 0) is 39.0 Å². The summed E-state index contributed by atoms with van der Waals surface area (Å²) in [5, 5.41) is 7.92. The Morgan fingerprint density at radius 2 is 1.64 bits per heavy atom. The first-order valence-electron chi connectivity index (χ1n) is 6.73. The van der Waals surface area contributed by atoms with Crippen molar-refractivity contribution in [3.05, 3.63) is 36.4 Å². The van der Waals surface area contributed by atoms with Crippen molar-refractivity contribution >= 4 is 10.0 Å². The summed E-state index contributed by atoms with van der Waals surface area (Å²) in [7, 11) is -2.01. The molecular weight excluding hydrogens is 302 g/mol. The maximum absolute atomic E-state index is 12.2. The average molecular weight is 321 g/mol. The monoisotopic (exact) mass is 321 g/mol. The Kier molecular flexibility index (Phi) is 4.48. The summed E-state index contributed by atoms with van der Waals surface area (Å²) >= 11 is 0. The second kappa shape index (κ2) is 6.02. The summed E-state index contributed by atoms with van der Waals surface area (Å²) in [6.07, 6.45) is 0.